The first-order chi connectivity index (χ1) is 7.99. The number of hydrogen-bond acceptors (Lipinski definition) is 2. The summed E-state index contributed by atoms with van der Waals surface area (Å²) in [6.45, 7) is 6.39. The van der Waals surface area contributed by atoms with E-state index in [2.05, 4.69) is 13.8 Å². The lowest BCUT2D eigenvalue weighted by molar-refractivity contribution is 0.0445. The van der Waals surface area contributed by atoms with E-state index in [-0.39, 0.29) is 18.5 Å². The Morgan fingerprint density at radius 3 is 2.65 bits per heavy atom. The highest BCUT2D eigenvalue weighted by molar-refractivity contribution is 6.31. The molecule has 1 unspecified atom stereocenters. The van der Waals surface area contributed by atoms with Gasteiger partial charge in [-0.1, -0.05) is 37.6 Å². The van der Waals surface area contributed by atoms with E-state index >= 15 is 0 Å². The predicted molar refractivity (Wildman–Crippen MR) is 70.7 cm³/mol. The molecule has 0 radical (unpaired) electrons. The van der Waals surface area contributed by atoms with Gasteiger partial charge in [-0.3, -0.25) is 4.79 Å². The molecule has 94 valence electrons. The van der Waals surface area contributed by atoms with Crippen LogP contribution in [0, 0.1) is 5.92 Å². The maximum Gasteiger partial charge on any atom is 0.188 e. The average molecular weight is 255 g/mol. The Balaban J connectivity index is 2.45. The number of ether oxygens (including phenoxy) is 1. The summed E-state index contributed by atoms with van der Waals surface area (Å²) < 4.78 is 5.52. The van der Waals surface area contributed by atoms with E-state index < -0.39 is 0 Å². The smallest absolute Gasteiger partial charge is 0.188 e. The summed E-state index contributed by atoms with van der Waals surface area (Å²) in [5.41, 5.74) is 0.606. The van der Waals surface area contributed by atoms with E-state index in [1.54, 1.807) is 24.3 Å². The van der Waals surface area contributed by atoms with E-state index in [9.17, 15) is 4.79 Å². The molecule has 1 aromatic rings. The Morgan fingerprint density at radius 1 is 1.35 bits per heavy atom. The van der Waals surface area contributed by atoms with Crippen LogP contribution in [0.1, 0.15) is 37.6 Å². The molecule has 0 amide bonds. The number of benzene rings is 1. The van der Waals surface area contributed by atoms with Crippen LogP contribution in [0.15, 0.2) is 24.3 Å². The molecule has 0 bridgehead atoms. The molecule has 1 rings (SSSR count). The normalized spacial score (nSPS) is 12.8. The minimum atomic E-state index is -0.0249. The van der Waals surface area contributed by atoms with Gasteiger partial charge >= 0.3 is 0 Å². The summed E-state index contributed by atoms with van der Waals surface area (Å²) in [4.78, 5) is 11.8. The quantitative estimate of drug-likeness (QED) is 0.718. The van der Waals surface area contributed by atoms with Crippen LogP contribution < -0.4 is 0 Å². The minimum absolute atomic E-state index is 0.0249. The Labute approximate surface area is 108 Å². The van der Waals surface area contributed by atoms with Crippen molar-refractivity contribution in [1.29, 1.82) is 0 Å². The number of carbonyl (C=O) groups excluding carboxylic acids is 1. The Kier molecular flexibility index (Phi) is 5.66. The maximum absolute atomic E-state index is 11.8. The van der Waals surface area contributed by atoms with Crippen molar-refractivity contribution in [2.45, 2.75) is 33.3 Å². The molecule has 0 aromatic heterocycles. The number of halogens is 1. The van der Waals surface area contributed by atoms with Crippen LogP contribution in [0.3, 0.4) is 0 Å². The van der Waals surface area contributed by atoms with Crippen LogP contribution in [0.4, 0.5) is 0 Å². The van der Waals surface area contributed by atoms with Crippen LogP contribution >= 0.6 is 11.6 Å². The molecule has 0 aliphatic carbocycles. The van der Waals surface area contributed by atoms with Gasteiger partial charge in [-0.15, -0.1) is 0 Å². The third-order valence-electron chi connectivity index (χ3n) is 2.45. The van der Waals surface area contributed by atoms with Crippen molar-refractivity contribution >= 4 is 17.4 Å². The van der Waals surface area contributed by atoms with Crippen LogP contribution in [-0.4, -0.2) is 18.5 Å². The molecule has 2 nitrogen and oxygen atoms in total. The van der Waals surface area contributed by atoms with Gasteiger partial charge in [0.2, 0.25) is 0 Å². The van der Waals surface area contributed by atoms with E-state index in [0.29, 0.717) is 16.5 Å². The minimum Gasteiger partial charge on any atom is -0.370 e. The number of ketones is 1. The summed E-state index contributed by atoms with van der Waals surface area (Å²) in [5, 5.41) is 0.575. The zero-order valence-electron chi connectivity index (χ0n) is 10.6. The monoisotopic (exact) mass is 254 g/mol. The highest BCUT2D eigenvalue weighted by atomic mass is 35.5. The van der Waals surface area contributed by atoms with Crippen molar-refractivity contribution in [2.24, 2.45) is 5.92 Å². The molecule has 0 N–H and O–H groups in total. The molecule has 0 aliphatic rings. The fourth-order valence-electron chi connectivity index (χ4n) is 1.70. The number of carbonyl (C=O) groups is 1. The number of hydrogen-bond donors (Lipinski definition) is 0. The third-order valence-corrected chi connectivity index (χ3v) is 2.68. The fraction of sp³-hybridized carbons (Fsp3) is 0.500. The number of Topliss-reactive ketones (excluding diaryl/α,β-unsaturated/α-hetero) is 1. The lowest BCUT2D eigenvalue weighted by atomic mass is 10.1. The van der Waals surface area contributed by atoms with E-state index in [4.69, 9.17) is 16.3 Å². The second kappa shape index (κ2) is 6.77. The van der Waals surface area contributed by atoms with Crippen molar-refractivity contribution in [3.63, 3.8) is 0 Å². The van der Waals surface area contributed by atoms with E-state index in [0.717, 1.165) is 6.42 Å². The van der Waals surface area contributed by atoms with Gasteiger partial charge < -0.3 is 4.74 Å². The molecule has 0 aliphatic heterocycles. The molecule has 3 heteroatoms. The molecular formula is C14H19ClO2. The fourth-order valence-corrected chi connectivity index (χ4v) is 1.89. The van der Waals surface area contributed by atoms with Crippen LogP contribution in [0.5, 0.6) is 0 Å². The Bertz CT molecular complexity index is 374. The van der Waals surface area contributed by atoms with Gasteiger partial charge in [0.1, 0.15) is 6.61 Å². The van der Waals surface area contributed by atoms with Crippen molar-refractivity contribution < 1.29 is 9.53 Å². The van der Waals surface area contributed by atoms with Crippen LogP contribution in [0.2, 0.25) is 5.02 Å². The van der Waals surface area contributed by atoms with E-state index in [1.165, 1.54) is 0 Å². The molecule has 1 aromatic carbocycles. The molecule has 0 saturated carbocycles. The summed E-state index contributed by atoms with van der Waals surface area (Å²) >= 11 is 5.83. The summed E-state index contributed by atoms with van der Waals surface area (Å²) in [5.74, 6) is 0.550. The average Bonchev–Trinajstić information content (AvgIpc) is 2.25. The van der Waals surface area contributed by atoms with Crippen LogP contribution in [-0.2, 0) is 4.74 Å². The Morgan fingerprint density at radius 2 is 2.06 bits per heavy atom. The predicted octanol–water partition coefficient (Wildman–Crippen LogP) is 3.97. The molecule has 0 heterocycles. The zero-order chi connectivity index (χ0) is 12.8. The van der Waals surface area contributed by atoms with Gasteiger partial charge in [-0.2, -0.15) is 0 Å². The zero-order valence-corrected chi connectivity index (χ0v) is 11.3. The Hall–Kier alpha value is -0.860. The summed E-state index contributed by atoms with van der Waals surface area (Å²) in [6, 6.07) is 6.94. The van der Waals surface area contributed by atoms with Crippen molar-refractivity contribution in [3.05, 3.63) is 34.9 Å². The first-order valence-electron chi connectivity index (χ1n) is 5.89. The lowest BCUT2D eigenvalue weighted by Gasteiger charge is -2.14. The first kappa shape index (κ1) is 14.2. The van der Waals surface area contributed by atoms with E-state index in [1.807, 2.05) is 6.92 Å². The van der Waals surface area contributed by atoms with Gasteiger partial charge in [0.15, 0.2) is 5.78 Å². The van der Waals surface area contributed by atoms with Gasteiger partial charge in [0, 0.05) is 10.6 Å². The van der Waals surface area contributed by atoms with Crippen molar-refractivity contribution in [2.75, 3.05) is 6.61 Å². The second-order valence-electron chi connectivity index (χ2n) is 4.68. The topological polar surface area (TPSA) is 26.3 Å². The largest absolute Gasteiger partial charge is 0.370 e. The number of rotatable bonds is 6. The van der Waals surface area contributed by atoms with Crippen molar-refractivity contribution in [3.8, 4) is 0 Å². The summed E-state index contributed by atoms with van der Waals surface area (Å²) in [6.07, 6.45) is 1.07. The van der Waals surface area contributed by atoms with Gasteiger partial charge in [0.25, 0.3) is 0 Å². The third kappa shape index (κ3) is 5.33. The molecule has 17 heavy (non-hydrogen) atoms. The maximum atomic E-state index is 11.8. The molecule has 0 spiro atoms. The standard InChI is InChI=1S/C14H19ClO2/c1-10(2)7-11(3)17-9-14(16)12-5-4-6-13(15)8-12/h4-6,8,10-11H,7,9H2,1-3H3. The van der Waals surface area contributed by atoms with Crippen molar-refractivity contribution in [1.82, 2.24) is 0 Å². The van der Waals surface area contributed by atoms with Gasteiger partial charge in [-0.05, 0) is 31.4 Å². The van der Waals surface area contributed by atoms with Crippen LogP contribution in [0.25, 0.3) is 0 Å². The highest BCUT2D eigenvalue weighted by Gasteiger charge is 2.10. The SMILES string of the molecule is CC(C)CC(C)OCC(=O)c1cccc(Cl)c1. The summed E-state index contributed by atoms with van der Waals surface area (Å²) in [7, 11) is 0. The van der Waals surface area contributed by atoms with Gasteiger partial charge in [-0.25, -0.2) is 0 Å². The molecule has 0 saturated heterocycles. The second-order valence-corrected chi connectivity index (χ2v) is 5.12. The first-order valence-corrected chi connectivity index (χ1v) is 6.27. The van der Waals surface area contributed by atoms with Gasteiger partial charge in [0.05, 0.1) is 6.10 Å². The lowest BCUT2D eigenvalue weighted by Crippen LogP contribution is -2.17. The molecular weight excluding hydrogens is 236 g/mol. The highest BCUT2D eigenvalue weighted by Crippen LogP contribution is 2.12. The molecule has 0 fully saturated rings. The molecule has 1 atom stereocenters.